The summed E-state index contributed by atoms with van der Waals surface area (Å²) in [6, 6.07) is 19.6. The maximum absolute atomic E-state index is 5.97. The Morgan fingerprint density at radius 2 is 0.735 bits per heavy atom. The van der Waals surface area contributed by atoms with Crippen LogP contribution in [0.4, 0.5) is 0 Å². The predicted molar refractivity (Wildman–Crippen MR) is 147 cm³/mol. The second-order valence-electron chi connectivity index (χ2n) is 9.68. The average Bonchev–Trinajstić information content (AvgIpc) is 2.71. The van der Waals surface area contributed by atoms with E-state index in [2.05, 4.69) is 117 Å². The number of aryl methyl sites for hydroxylation is 3. The summed E-state index contributed by atoms with van der Waals surface area (Å²) in [6.45, 7) is 18.9. The molecular formula is C30H39O3P. The van der Waals surface area contributed by atoms with E-state index in [0.717, 1.165) is 17.2 Å². The lowest BCUT2D eigenvalue weighted by molar-refractivity contribution is 0.242. The minimum atomic E-state index is -0.773. The zero-order valence-electron chi connectivity index (χ0n) is 22.1. The number of hydrogen-bond donors (Lipinski definition) is 0. The highest BCUT2D eigenvalue weighted by atomic mass is 31.1. The maximum Gasteiger partial charge on any atom is 0.119 e. The van der Waals surface area contributed by atoms with E-state index >= 15 is 0 Å². The second kappa shape index (κ2) is 11.3. The van der Waals surface area contributed by atoms with Crippen molar-refractivity contribution in [3.05, 3.63) is 71.3 Å². The van der Waals surface area contributed by atoms with Gasteiger partial charge < -0.3 is 14.2 Å². The Morgan fingerprint density at radius 3 is 0.941 bits per heavy atom. The molecule has 0 spiro atoms. The lowest BCUT2D eigenvalue weighted by Crippen LogP contribution is -2.26. The highest BCUT2D eigenvalue weighted by Gasteiger charge is 2.23. The first-order chi connectivity index (χ1) is 16.0. The van der Waals surface area contributed by atoms with Crippen LogP contribution in [0.25, 0.3) is 0 Å². The van der Waals surface area contributed by atoms with Gasteiger partial charge in [-0.15, -0.1) is 0 Å². The van der Waals surface area contributed by atoms with Crippen LogP contribution in [-0.2, 0) is 0 Å². The Hall–Kier alpha value is -2.51. The normalized spacial score (nSPS) is 11.6. The maximum atomic E-state index is 5.97. The van der Waals surface area contributed by atoms with Crippen molar-refractivity contribution in [1.82, 2.24) is 0 Å². The second-order valence-corrected chi connectivity index (χ2v) is 11.8. The highest BCUT2D eigenvalue weighted by Crippen LogP contribution is 2.39. The molecule has 34 heavy (non-hydrogen) atoms. The smallest absolute Gasteiger partial charge is 0.119 e. The van der Waals surface area contributed by atoms with Crippen LogP contribution in [0.1, 0.15) is 58.2 Å². The molecule has 182 valence electrons. The monoisotopic (exact) mass is 478 g/mol. The van der Waals surface area contributed by atoms with E-state index in [9.17, 15) is 0 Å². The van der Waals surface area contributed by atoms with Crippen LogP contribution >= 0.6 is 7.92 Å². The number of ether oxygens (including phenoxy) is 3. The summed E-state index contributed by atoms with van der Waals surface area (Å²) in [5, 5.41) is 4.02. The molecule has 0 atom stereocenters. The first kappa shape index (κ1) is 26.1. The minimum Gasteiger partial charge on any atom is -0.491 e. The van der Waals surface area contributed by atoms with E-state index in [4.69, 9.17) is 14.2 Å². The third-order valence-corrected chi connectivity index (χ3v) is 8.29. The molecule has 0 bridgehead atoms. The zero-order chi connectivity index (χ0) is 25.0. The molecule has 0 N–H and O–H groups in total. The fourth-order valence-corrected chi connectivity index (χ4v) is 6.76. The molecule has 4 heteroatoms. The van der Waals surface area contributed by atoms with Crippen molar-refractivity contribution in [2.75, 3.05) is 0 Å². The quantitative estimate of drug-likeness (QED) is 0.319. The van der Waals surface area contributed by atoms with Crippen LogP contribution in [0.2, 0.25) is 0 Å². The fourth-order valence-electron chi connectivity index (χ4n) is 4.06. The molecule has 3 rings (SSSR count). The molecule has 0 radical (unpaired) electrons. The van der Waals surface area contributed by atoms with Gasteiger partial charge in [0.15, 0.2) is 0 Å². The minimum absolute atomic E-state index is 0.151. The predicted octanol–water partition coefficient (Wildman–Crippen LogP) is 6.73. The molecule has 3 aromatic carbocycles. The summed E-state index contributed by atoms with van der Waals surface area (Å²) in [4.78, 5) is 0. The Labute approximate surface area is 207 Å². The molecule has 0 aliphatic carbocycles. The van der Waals surface area contributed by atoms with Gasteiger partial charge in [-0.1, -0.05) is 0 Å². The average molecular weight is 479 g/mol. The topological polar surface area (TPSA) is 27.7 Å². The third-order valence-electron chi connectivity index (χ3n) is 5.34. The molecule has 0 amide bonds. The number of rotatable bonds is 9. The lowest BCUT2D eigenvalue weighted by Gasteiger charge is -2.26. The highest BCUT2D eigenvalue weighted by molar-refractivity contribution is 7.80. The van der Waals surface area contributed by atoms with Crippen molar-refractivity contribution in [2.24, 2.45) is 0 Å². The van der Waals surface area contributed by atoms with E-state index in [0.29, 0.717) is 0 Å². The van der Waals surface area contributed by atoms with Gasteiger partial charge in [0.05, 0.1) is 18.3 Å². The first-order valence-corrected chi connectivity index (χ1v) is 13.5. The van der Waals surface area contributed by atoms with Crippen LogP contribution in [0.3, 0.4) is 0 Å². The van der Waals surface area contributed by atoms with Gasteiger partial charge in [0.2, 0.25) is 0 Å². The lowest BCUT2D eigenvalue weighted by atomic mass is 10.2. The Morgan fingerprint density at radius 1 is 0.471 bits per heavy atom. The Kier molecular flexibility index (Phi) is 8.66. The molecule has 0 aliphatic heterocycles. The van der Waals surface area contributed by atoms with Crippen molar-refractivity contribution < 1.29 is 14.2 Å². The van der Waals surface area contributed by atoms with Crippen LogP contribution in [0.5, 0.6) is 17.2 Å². The number of benzene rings is 3. The van der Waals surface area contributed by atoms with Crippen LogP contribution in [0, 0.1) is 20.8 Å². The molecule has 0 aromatic heterocycles. The van der Waals surface area contributed by atoms with E-state index in [1.807, 2.05) is 0 Å². The summed E-state index contributed by atoms with van der Waals surface area (Å²) in [6.07, 6.45) is 0.453. The number of hydrogen-bond acceptors (Lipinski definition) is 3. The van der Waals surface area contributed by atoms with Crippen LogP contribution < -0.4 is 30.1 Å². The van der Waals surface area contributed by atoms with Crippen molar-refractivity contribution in [3.8, 4) is 17.2 Å². The van der Waals surface area contributed by atoms with Crippen molar-refractivity contribution in [2.45, 2.75) is 80.6 Å². The van der Waals surface area contributed by atoms with Crippen molar-refractivity contribution >= 4 is 23.8 Å². The largest absolute Gasteiger partial charge is 0.491 e. The summed E-state index contributed by atoms with van der Waals surface area (Å²) in [7, 11) is -0.773. The third kappa shape index (κ3) is 6.54. The van der Waals surface area contributed by atoms with Gasteiger partial charge in [-0.05, 0) is 157 Å². The van der Waals surface area contributed by atoms with Gasteiger partial charge in [-0.25, -0.2) is 0 Å². The van der Waals surface area contributed by atoms with Gasteiger partial charge >= 0.3 is 0 Å². The van der Waals surface area contributed by atoms with Crippen LogP contribution in [-0.4, -0.2) is 18.3 Å². The van der Waals surface area contributed by atoms with E-state index in [-0.39, 0.29) is 18.3 Å². The fraction of sp³-hybridized carbons (Fsp3) is 0.400. The SMILES string of the molecule is Cc1cc(OC(C)C)ccc1P(c1ccc(OC(C)C)cc1C)c1ccc(OC(C)C)cc1C. The van der Waals surface area contributed by atoms with Crippen molar-refractivity contribution in [1.29, 1.82) is 0 Å². The van der Waals surface area contributed by atoms with E-state index < -0.39 is 7.92 Å². The molecule has 3 nitrogen and oxygen atoms in total. The molecule has 0 aliphatic rings. The Bertz CT molecular complexity index is 977. The zero-order valence-corrected chi connectivity index (χ0v) is 23.0. The van der Waals surface area contributed by atoms with Crippen molar-refractivity contribution in [3.63, 3.8) is 0 Å². The summed E-state index contributed by atoms with van der Waals surface area (Å²) < 4.78 is 17.9. The van der Waals surface area contributed by atoms with E-state index in [1.54, 1.807) is 0 Å². The first-order valence-electron chi connectivity index (χ1n) is 12.2. The van der Waals surface area contributed by atoms with Gasteiger partial charge in [-0.2, -0.15) is 0 Å². The molecule has 0 heterocycles. The van der Waals surface area contributed by atoms with Gasteiger partial charge in [0.1, 0.15) is 17.2 Å². The van der Waals surface area contributed by atoms with Crippen LogP contribution in [0.15, 0.2) is 54.6 Å². The molecule has 0 saturated heterocycles. The molecular weight excluding hydrogens is 439 g/mol. The van der Waals surface area contributed by atoms with Gasteiger partial charge in [0.25, 0.3) is 0 Å². The molecule has 0 saturated carbocycles. The Balaban J connectivity index is 2.14. The van der Waals surface area contributed by atoms with Gasteiger partial charge in [-0.3, -0.25) is 0 Å². The summed E-state index contributed by atoms with van der Waals surface area (Å²) in [5.41, 5.74) is 3.73. The van der Waals surface area contributed by atoms with Gasteiger partial charge in [0, 0.05) is 0 Å². The molecule has 0 fully saturated rings. The summed E-state index contributed by atoms with van der Waals surface area (Å²) >= 11 is 0. The standard InChI is InChI=1S/C30H39O3P/c1-19(2)31-25-10-13-28(22(7)16-25)34(29-14-11-26(17-23(29)8)32-20(3)4)30-15-12-27(18-24(30)9)33-21(5)6/h10-21H,1-9H3. The van der Waals surface area contributed by atoms with E-state index in [1.165, 1.54) is 32.6 Å². The summed E-state index contributed by atoms with van der Waals surface area (Å²) in [5.74, 6) is 2.75. The molecule has 0 unspecified atom stereocenters. The molecule has 3 aromatic rings.